The molecule has 1 atom stereocenters. The molecule has 0 saturated carbocycles. The maximum Gasteiger partial charge on any atom is 0.169 e. The first kappa shape index (κ1) is 12.1. The zero-order chi connectivity index (χ0) is 12.3. The monoisotopic (exact) mass is 235 g/mol. The van der Waals surface area contributed by atoms with Crippen LogP contribution in [-0.4, -0.2) is 34.7 Å². The van der Waals surface area contributed by atoms with E-state index in [1.54, 1.807) is 0 Å². The second-order valence-electron chi connectivity index (χ2n) is 4.78. The summed E-state index contributed by atoms with van der Waals surface area (Å²) in [6, 6.07) is 1.85. The average Bonchev–Trinajstić information content (AvgIpc) is 2.34. The van der Waals surface area contributed by atoms with Crippen molar-refractivity contribution in [2.24, 2.45) is 5.92 Å². The lowest BCUT2D eigenvalue weighted by Gasteiger charge is -2.31. The van der Waals surface area contributed by atoms with Gasteiger partial charge in [-0.05, 0) is 44.3 Å². The molecule has 94 valence electrons. The zero-order valence-electron chi connectivity index (χ0n) is 10.4. The standard InChI is InChI=1S/C12H21N5/c1-2-17-5-3-4-9(8-17)6-10-7-11(13)12(14)16-15-10/h7,9H,2-6,8H2,1H3,(H2,13,15)(H2,14,16). The van der Waals surface area contributed by atoms with Gasteiger partial charge in [0.1, 0.15) is 0 Å². The molecule has 1 aliphatic heterocycles. The van der Waals surface area contributed by atoms with E-state index in [4.69, 9.17) is 11.5 Å². The number of rotatable bonds is 3. The fourth-order valence-corrected chi connectivity index (χ4v) is 2.46. The Labute approximate surface area is 102 Å². The summed E-state index contributed by atoms with van der Waals surface area (Å²) in [5.41, 5.74) is 12.8. The van der Waals surface area contributed by atoms with Crippen LogP contribution in [0.1, 0.15) is 25.5 Å². The summed E-state index contributed by atoms with van der Waals surface area (Å²) >= 11 is 0. The van der Waals surface area contributed by atoms with Crippen LogP contribution in [0, 0.1) is 5.92 Å². The molecule has 0 bridgehead atoms. The van der Waals surface area contributed by atoms with Crippen molar-refractivity contribution in [3.8, 4) is 0 Å². The summed E-state index contributed by atoms with van der Waals surface area (Å²) < 4.78 is 0. The van der Waals surface area contributed by atoms with Crippen LogP contribution < -0.4 is 11.5 Å². The zero-order valence-corrected chi connectivity index (χ0v) is 10.4. The predicted octanol–water partition coefficient (Wildman–Crippen LogP) is 0.915. The minimum Gasteiger partial charge on any atom is -0.396 e. The Hall–Kier alpha value is -1.36. The normalized spacial score (nSPS) is 21.6. The fraction of sp³-hybridized carbons (Fsp3) is 0.667. The Bertz CT molecular complexity index is 379. The van der Waals surface area contributed by atoms with Gasteiger partial charge < -0.3 is 16.4 Å². The molecule has 0 radical (unpaired) electrons. The Kier molecular flexibility index (Phi) is 3.78. The van der Waals surface area contributed by atoms with Crippen molar-refractivity contribution in [1.82, 2.24) is 15.1 Å². The van der Waals surface area contributed by atoms with Gasteiger partial charge in [-0.3, -0.25) is 0 Å². The first-order valence-corrected chi connectivity index (χ1v) is 6.29. The van der Waals surface area contributed by atoms with Gasteiger partial charge in [0.15, 0.2) is 5.82 Å². The van der Waals surface area contributed by atoms with Crippen LogP contribution in [-0.2, 0) is 6.42 Å². The largest absolute Gasteiger partial charge is 0.396 e. The van der Waals surface area contributed by atoms with Crippen LogP contribution in [0.25, 0.3) is 0 Å². The second kappa shape index (κ2) is 5.31. The number of nitrogens with zero attached hydrogens (tertiary/aromatic N) is 3. The van der Waals surface area contributed by atoms with Gasteiger partial charge in [0.25, 0.3) is 0 Å². The van der Waals surface area contributed by atoms with Crippen LogP contribution in [0.5, 0.6) is 0 Å². The van der Waals surface area contributed by atoms with E-state index < -0.39 is 0 Å². The molecule has 2 rings (SSSR count). The van der Waals surface area contributed by atoms with Gasteiger partial charge in [-0.2, -0.15) is 5.10 Å². The molecule has 0 aromatic carbocycles. The van der Waals surface area contributed by atoms with Crippen molar-refractivity contribution in [1.29, 1.82) is 0 Å². The van der Waals surface area contributed by atoms with E-state index in [1.807, 2.05) is 6.07 Å². The molecular formula is C12H21N5. The first-order valence-electron chi connectivity index (χ1n) is 6.29. The fourth-order valence-electron chi connectivity index (χ4n) is 2.46. The number of piperidine rings is 1. The van der Waals surface area contributed by atoms with Gasteiger partial charge in [-0.15, -0.1) is 5.10 Å². The molecule has 1 unspecified atom stereocenters. The number of nitrogen functional groups attached to an aromatic ring is 2. The van der Waals surface area contributed by atoms with Gasteiger partial charge in [0.05, 0.1) is 11.4 Å². The van der Waals surface area contributed by atoms with Crippen molar-refractivity contribution in [2.75, 3.05) is 31.1 Å². The lowest BCUT2D eigenvalue weighted by atomic mass is 9.93. The minimum atomic E-state index is 0.326. The molecule has 1 aliphatic rings. The molecule has 4 N–H and O–H groups in total. The molecule has 1 aromatic rings. The van der Waals surface area contributed by atoms with Gasteiger partial charge in [-0.1, -0.05) is 6.92 Å². The Morgan fingerprint density at radius 1 is 1.41 bits per heavy atom. The maximum absolute atomic E-state index is 5.74. The minimum absolute atomic E-state index is 0.326. The Morgan fingerprint density at radius 3 is 2.94 bits per heavy atom. The molecule has 1 saturated heterocycles. The SMILES string of the molecule is CCN1CCCC(Cc2cc(N)c(N)nn2)C1. The van der Waals surface area contributed by atoms with Crippen LogP contribution in [0.4, 0.5) is 11.5 Å². The summed E-state index contributed by atoms with van der Waals surface area (Å²) in [5.74, 6) is 0.994. The topological polar surface area (TPSA) is 81.1 Å². The number of hydrogen-bond donors (Lipinski definition) is 2. The average molecular weight is 235 g/mol. The summed E-state index contributed by atoms with van der Waals surface area (Å²) in [7, 11) is 0. The van der Waals surface area contributed by atoms with E-state index in [0.29, 0.717) is 17.4 Å². The lowest BCUT2D eigenvalue weighted by Crippen LogP contribution is -2.36. The number of anilines is 2. The van der Waals surface area contributed by atoms with Crippen molar-refractivity contribution < 1.29 is 0 Å². The third-order valence-electron chi connectivity index (χ3n) is 3.45. The third-order valence-corrected chi connectivity index (χ3v) is 3.45. The quantitative estimate of drug-likeness (QED) is 0.814. The molecular weight excluding hydrogens is 214 g/mol. The van der Waals surface area contributed by atoms with E-state index in [0.717, 1.165) is 25.2 Å². The Morgan fingerprint density at radius 2 is 2.24 bits per heavy atom. The summed E-state index contributed by atoms with van der Waals surface area (Å²) in [6.45, 7) is 5.72. The summed E-state index contributed by atoms with van der Waals surface area (Å²) in [6.07, 6.45) is 3.49. The van der Waals surface area contributed by atoms with E-state index in [-0.39, 0.29) is 0 Å². The Balaban J connectivity index is 1.97. The van der Waals surface area contributed by atoms with E-state index in [9.17, 15) is 0 Å². The van der Waals surface area contributed by atoms with E-state index in [2.05, 4.69) is 22.0 Å². The van der Waals surface area contributed by atoms with Crippen molar-refractivity contribution in [3.63, 3.8) is 0 Å². The highest BCUT2D eigenvalue weighted by atomic mass is 15.2. The van der Waals surface area contributed by atoms with Crippen molar-refractivity contribution >= 4 is 11.5 Å². The number of likely N-dealkylation sites (tertiary alicyclic amines) is 1. The summed E-state index contributed by atoms with van der Waals surface area (Å²) in [4.78, 5) is 2.49. The molecule has 2 heterocycles. The highest BCUT2D eigenvalue weighted by molar-refractivity contribution is 5.57. The van der Waals surface area contributed by atoms with Gasteiger partial charge in [0.2, 0.25) is 0 Å². The van der Waals surface area contributed by atoms with E-state index in [1.165, 1.54) is 19.4 Å². The molecule has 0 spiro atoms. The van der Waals surface area contributed by atoms with Crippen molar-refractivity contribution in [2.45, 2.75) is 26.2 Å². The molecule has 1 aromatic heterocycles. The predicted molar refractivity (Wildman–Crippen MR) is 69.4 cm³/mol. The van der Waals surface area contributed by atoms with Crippen LogP contribution in [0.15, 0.2) is 6.07 Å². The molecule has 17 heavy (non-hydrogen) atoms. The molecule has 5 heteroatoms. The maximum atomic E-state index is 5.74. The number of aromatic nitrogens is 2. The summed E-state index contributed by atoms with van der Waals surface area (Å²) in [5, 5.41) is 7.98. The molecule has 0 amide bonds. The highest BCUT2D eigenvalue weighted by Crippen LogP contribution is 2.21. The second-order valence-corrected chi connectivity index (χ2v) is 4.78. The molecule has 1 fully saturated rings. The number of hydrogen-bond acceptors (Lipinski definition) is 5. The first-order chi connectivity index (χ1) is 8.19. The van der Waals surface area contributed by atoms with Crippen LogP contribution in [0.3, 0.4) is 0 Å². The number of nitrogens with two attached hydrogens (primary N) is 2. The highest BCUT2D eigenvalue weighted by Gasteiger charge is 2.19. The van der Waals surface area contributed by atoms with Crippen LogP contribution in [0.2, 0.25) is 0 Å². The molecule has 5 nitrogen and oxygen atoms in total. The van der Waals surface area contributed by atoms with Gasteiger partial charge in [0, 0.05) is 6.54 Å². The van der Waals surface area contributed by atoms with Crippen molar-refractivity contribution in [3.05, 3.63) is 11.8 Å². The lowest BCUT2D eigenvalue weighted by molar-refractivity contribution is 0.181. The van der Waals surface area contributed by atoms with Gasteiger partial charge >= 0.3 is 0 Å². The van der Waals surface area contributed by atoms with Gasteiger partial charge in [-0.25, -0.2) is 0 Å². The van der Waals surface area contributed by atoms with Crippen LogP contribution >= 0.6 is 0 Å². The molecule has 0 aliphatic carbocycles. The smallest absolute Gasteiger partial charge is 0.169 e. The third kappa shape index (κ3) is 3.06. The van der Waals surface area contributed by atoms with E-state index >= 15 is 0 Å².